The number of amides is 1. The first-order valence-corrected chi connectivity index (χ1v) is 4.96. The number of carbonyl (C=O) groups excluding carboxylic acids is 1. The minimum absolute atomic E-state index is 0.265. The lowest BCUT2D eigenvalue weighted by atomic mass is 9.95. The van der Waals surface area contributed by atoms with Crippen molar-refractivity contribution in [3.05, 3.63) is 0 Å². The number of primary amides is 1. The first kappa shape index (κ1) is 11.3. The van der Waals surface area contributed by atoms with E-state index < -0.39 is 6.09 Å². The molecular formula is C9H18N2O3. The number of nitrogens with two attached hydrogens (primary N) is 2. The summed E-state index contributed by atoms with van der Waals surface area (Å²) in [6, 6.07) is 0. The van der Waals surface area contributed by atoms with Crippen molar-refractivity contribution in [2.24, 2.45) is 17.4 Å². The molecular weight excluding hydrogens is 184 g/mol. The minimum Gasteiger partial charge on any atom is -0.445 e. The van der Waals surface area contributed by atoms with E-state index in [2.05, 4.69) is 0 Å². The van der Waals surface area contributed by atoms with Gasteiger partial charge in [-0.1, -0.05) is 0 Å². The van der Waals surface area contributed by atoms with Crippen LogP contribution in [-0.2, 0) is 9.47 Å². The summed E-state index contributed by atoms with van der Waals surface area (Å²) in [6.07, 6.45) is 1.91. The van der Waals surface area contributed by atoms with Crippen LogP contribution in [0.2, 0.25) is 0 Å². The molecule has 0 aromatic carbocycles. The maximum Gasteiger partial charge on any atom is 0.404 e. The van der Waals surface area contributed by atoms with Gasteiger partial charge in [0.1, 0.15) is 6.10 Å². The predicted octanol–water partition coefficient (Wildman–Crippen LogP) is 0.226. The second kappa shape index (κ2) is 5.82. The van der Waals surface area contributed by atoms with Gasteiger partial charge in [0.15, 0.2) is 0 Å². The molecule has 1 saturated heterocycles. The van der Waals surface area contributed by atoms with Crippen LogP contribution < -0.4 is 11.5 Å². The van der Waals surface area contributed by atoms with Crippen LogP contribution in [0.1, 0.15) is 19.3 Å². The van der Waals surface area contributed by atoms with Gasteiger partial charge in [-0.05, 0) is 25.2 Å². The normalized spacial score (nSPS) is 24.2. The van der Waals surface area contributed by atoms with Crippen molar-refractivity contribution in [2.75, 3.05) is 19.8 Å². The van der Waals surface area contributed by atoms with Crippen LogP contribution >= 0.6 is 0 Å². The Hall–Kier alpha value is -0.810. The third kappa shape index (κ3) is 3.93. The fraction of sp³-hybridized carbons (Fsp3) is 0.889. The van der Waals surface area contributed by atoms with E-state index >= 15 is 0 Å². The molecule has 82 valence electrons. The quantitative estimate of drug-likeness (QED) is 0.683. The summed E-state index contributed by atoms with van der Waals surface area (Å²) in [5, 5.41) is 0. The van der Waals surface area contributed by atoms with Gasteiger partial charge in [-0.25, -0.2) is 4.79 Å². The van der Waals surface area contributed by atoms with Gasteiger partial charge in [0.2, 0.25) is 0 Å². The highest BCUT2D eigenvalue weighted by Gasteiger charge is 2.20. The van der Waals surface area contributed by atoms with E-state index in [1.165, 1.54) is 0 Å². The first-order valence-electron chi connectivity index (χ1n) is 4.96. The third-order valence-electron chi connectivity index (χ3n) is 2.40. The molecule has 1 aliphatic heterocycles. The van der Waals surface area contributed by atoms with Crippen LogP contribution in [0, 0.1) is 5.92 Å². The van der Waals surface area contributed by atoms with Crippen molar-refractivity contribution in [1.29, 1.82) is 0 Å². The summed E-state index contributed by atoms with van der Waals surface area (Å²) in [5.41, 5.74) is 10.4. The lowest BCUT2D eigenvalue weighted by molar-refractivity contribution is 0.0257. The molecule has 0 aliphatic carbocycles. The molecule has 5 heteroatoms. The molecule has 5 nitrogen and oxygen atoms in total. The molecule has 1 aliphatic rings. The van der Waals surface area contributed by atoms with Crippen molar-refractivity contribution >= 4 is 6.09 Å². The average molecular weight is 202 g/mol. The van der Waals surface area contributed by atoms with Crippen LogP contribution in [0.5, 0.6) is 0 Å². The number of hydrogen-bond acceptors (Lipinski definition) is 4. The molecule has 4 N–H and O–H groups in total. The molecule has 2 atom stereocenters. The van der Waals surface area contributed by atoms with Crippen LogP contribution in [0.4, 0.5) is 4.79 Å². The Morgan fingerprint density at radius 3 is 2.93 bits per heavy atom. The Kier molecular flexibility index (Phi) is 4.69. The standard InChI is InChI=1S/C9H18N2O3/c10-5-8(14-9(11)12)4-7-2-1-3-13-6-7/h7-8H,1-6,10H2,(H2,11,12)/t7?,8-/m0/s1. The Morgan fingerprint density at radius 1 is 1.64 bits per heavy atom. The van der Waals surface area contributed by atoms with E-state index in [0.717, 1.165) is 32.5 Å². The van der Waals surface area contributed by atoms with E-state index in [4.69, 9.17) is 20.9 Å². The Balaban J connectivity index is 2.27. The van der Waals surface area contributed by atoms with Gasteiger partial charge in [0.25, 0.3) is 0 Å². The third-order valence-corrected chi connectivity index (χ3v) is 2.40. The van der Waals surface area contributed by atoms with Gasteiger partial charge in [-0.2, -0.15) is 0 Å². The number of hydrogen-bond donors (Lipinski definition) is 2. The van der Waals surface area contributed by atoms with Crippen molar-refractivity contribution in [3.63, 3.8) is 0 Å². The zero-order valence-electron chi connectivity index (χ0n) is 8.28. The lowest BCUT2D eigenvalue weighted by Crippen LogP contribution is -2.33. The number of rotatable bonds is 4. The van der Waals surface area contributed by atoms with Crippen LogP contribution in [0.25, 0.3) is 0 Å². The highest BCUT2D eigenvalue weighted by Crippen LogP contribution is 2.19. The van der Waals surface area contributed by atoms with E-state index in [-0.39, 0.29) is 6.10 Å². The number of carbonyl (C=O) groups is 1. The maximum atomic E-state index is 10.5. The van der Waals surface area contributed by atoms with Crippen LogP contribution in [0.15, 0.2) is 0 Å². The largest absolute Gasteiger partial charge is 0.445 e. The molecule has 0 saturated carbocycles. The molecule has 0 radical (unpaired) electrons. The summed E-state index contributed by atoms with van der Waals surface area (Å²) in [5.74, 6) is 0.441. The van der Waals surface area contributed by atoms with Gasteiger partial charge in [0.05, 0.1) is 0 Å². The molecule has 1 amide bonds. The van der Waals surface area contributed by atoms with Crippen molar-refractivity contribution < 1.29 is 14.3 Å². The fourth-order valence-corrected chi connectivity index (χ4v) is 1.72. The first-order chi connectivity index (χ1) is 6.72. The van der Waals surface area contributed by atoms with Gasteiger partial charge < -0.3 is 20.9 Å². The predicted molar refractivity (Wildman–Crippen MR) is 51.7 cm³/mol. The lowest BCUT2D eigenvalue weighted by Gasteiger charge is -2.25. The molecule has 0 spiro atoms. The summed E-state index contributed by atoms with van der Waals surface area (Å²) in [4.78, 5) is 10.5. The zero-order chi connectivity index (χ0) is 10.4. The summed E-state index contributed by atoms with van der Waals surface area (Å²) in [6.45, 7) is 1.89. The van der Waals surface area contributed by atoms with E-state index in [0.29, 0.717) is 12.5 Å². The summed E-state index contributed by atoms with van der Waals surface area (Å²) < 4.78 is 10.2. The fourth-order valence-electron chi connectivity index (χ4n) is 1.72. The van der Waals surface area contributed by atoms with Crippen molar-refractivity contribution in [2.45, 2.75) is 25.4 Å². The number of ether oxygens (including phenoxy) is 2. The monoisotopic (exact) mass is 202 g/mol. The maximum absolute atomic E-state index is 10.5. The Morgan fingerprint density at radius 2 is 2.43 bits per heavy atom. The van der Waals surface area contributed by atoms with E-state index in [9.17, 15) is 4.79 Å². The van der Waals surface area contributed by atoms with Gasteiger partial charge in [-0.15, -0.1) is 0 Å². The SMILES string of the molecule is NC[C@H](CC1CCCOC1)OC(N)=O. The Labute approximate surface area is 83.7 Å². The summed E-state index contributed by atoms with van der Waals surface area (Å²) in [7, 11) is 0. The summed E-state index contributed by atoms with van der Waals surface area (Å²) >= 11 is 0. The average Bonchev–Trinajstić information content (AvgIpc) is 2.17. The molecule has 0 aromatic rings. The van der Waals surface area contributed by atoms with Crippen molar-refractivity contribution in [3.8, 4) is 0 Å². The minimum atomic E-state index is -0.753. The second-order valence-electron chi connectivity index (χ2n) is 3.61. The van der Waals surface area contributed by atoms with E-state index in [1.807, 2.05) is 0 Å². The van der Waals surface area contributed by atoms with Crippen LogP contribution in [0.3, 0.4) is 0 Å². The molecule has 0 bridgehead atoms. The smallest absolute Gasteiger partial charge is 0.404 e. The molecule has 1 rings (SSSR count). The molecule has 14 heavy (non-hydrogen) atoms. The van der Waals surface area contributed by atoms with Gasteiger partial charge in [0, 0.05) is 19.8 Å². The molecule has 1 fully saturated rings. The Bertz CT molecular complexity index is 181. The van der Waals surface area contributed by atoms with Crippen molar-refractivity contribution in [1.82, 2.24) is 0 Å². The highest BCUT2D eigenvalue weighted by molar-refractivity contribution is 5.64. The topological polar surface area (TPSA) is 87.6 Å². The van der Waals surface area contributed by atoms with Crippen LogP contribution in [-0.4, -0.2) is 32.0 Å². The zero-order valence-corrected chi connectivity index (χ0v) is 8.28. The van der Waals surface area contributed by atoms with Gasteiger partial charge in [-0.3, -0.25) is 0 Å². The van der Waals surface area contributed by atoms with Gasteiger partial charge >= 0.3 is 6.09 Å². The molecule has 1 heterocycles. The molecule has 1 unspecified atom stereocenters. The van der Waals surface area contributed by atoms with E-state index in [1.54, 1.807) is 0 Å². The molecule has 0 aromatic heterocycles. The highest BCUT2D eigenvalue weighted by atomic mass is 16.6. The second-order valence-corrected chi connectivity index (χ2v) is 3.61.